The molecule has 0 heterocycles. The summed E-state index contributed by atoms with van der Waals surface area (Å²) in [6.07, 6.45) is -1.67. The summed E-state index contributed by atoms with van der Waals surface area (Å²) in [6.45, 7) is 9.85. The Bertz CT molecular complexity index is 865. The number of benzene rings is 1. The monoisotopic (exact) mass is 467 g/mol. The summed E-state index contributed by atoms with van der Waals surface area (Å²) in [5.74, 6) is -4.72. The smallest absolute Gasteiger partial charge is 0.480 e. The van der Waals surface area contributed by atoms with Crippen molar-refractivity contribution < 1.29 is 43.2 Å². The third-order valence-corrected chi connectivity index (χ3v) is 5.14. The van der Waals surface area contributed by atoms with Crippen molar-refractivity contribution in [2.45, 2.75) is 59.6 Å². The van der Waals surface area contributed by atoms with Gasteiger partial charge in [-0.05, 0) is 24.6 Å². The molecule has 3 N–H and O–H groups in total. The maximum absolute atomic E-state index is 12.3. The Morgan fingerprint density at radius 3 is 1.85 bits per heavy atom. The van der Waals surface area contributed by atoms with Gasteiger partial charge in [-0.25, -0.2) is 4.79 Å². The molecular formula is C23H33NO9. The number of carbonyl (C=O) groups is 4. The van der Waals surface area contributed by atoms with E-state index in [-0.39, 0.29) is 11.5 Å². The molecule has 0 radical (unpaired) electrons. The highest BCUT2D eigenvalue weighted by molar-refractivity contribution is 5.78. The summed E-state index contributed by atoms with van der Waals surface area (Å²) in [7, 11) is 1.16. The lowest BCUT2D eigenvalue weighted by Crippen LogP contribution is -2.42. The normalized spacial score (nSPS) is 14.7. The number of aliphatic carboxylic acids is 1. The van der Waals surface area contributed by atoms with Crippen molar-refractivity contribution in [2.75, 3.05) is 7.11 Å². The molecule has 1 rings (SSSR count). The number of nitrogens with two attached hydrogens (primary N) is 1. The van der Waals surface area contributed by atoms with Gasteiger partial charge >= 0.3 is 24.1 Å². The van der Waals surface area contributed by atoms with E-state index in [1.807, 2.05) is 0 Å². The van der Waals surface area contributed by atoms with Crippen LogP contribution >= 0.6 is 0 Å². The Morgan fingerprint density at radius 2 is 1.39 bits per heavy atom. The number of hydrogen-bond donors (Lipinski definition) is 2. The van der Waals surface area contributed by atoms with E-state index in [4.69, 9.17) is 19.9 Å². The van der Waals surface area contributed by atoms with Crippen molar-refractivity contribution in [2.24, 2.45) is 23.5 Å². The summed E-state index contributed by atoms with van der Waals surface area (Å²) < 4.78 is 20.5. The highest BCUT2D eigenvalue weighted by atomic mass is 16.7. The van der Waals surface area contributed by atoms with Gasteiger partial charge in [0.15, 0.2) is 11.5 Å². The van der Waals surface area contributed by atoms with Crippen LogP contribution in [0.3, 0.4) is 0 Å². The van der Waals surface area contributed by atoms with Crippen molar-refractivity contribution in [3.8, 4) is 11.5 Å². The number of methoxy groups -OCH3 is 1. The molecule has 33 heavy (non-hydrogen) atoms. The number of carboxylic acid groups (broad SMARTS) is 1. The average molecular weight is 468 g/mol. The number of esters is 2. The van der Waals surface area contributed by atoms with Gasteiger partial charge in [0.2, 0.25) is 0 Å². The van der Waals surface area contributed by atoms with E-state index in [1.54, 1.807) is 41.5 Å². The first-order valence-corrected chi connectivity index (χ1v) is 10.6. The predicted octanol–water partition coefficient (Wildman–Crippen LogP) is 3.11. The molecule has 4 atom stereocenters. The Labute approximate surface area is 193 Å². The first-order chi connectivity index (χ1) is 15.3. The molecule has 0 saturated carbocycles. The lowest BCUT2D eigenvalue weighted by molar-refractivity contribution is -0.140. The fourth-order valence-electron chi connectivity index (χ4n) is 2.94. The topological polar surface area (TPSA) is 151 Å². The van der Waals surface area contributed by atoms with Crippen LogP contribution in [0.15, 0.2) is 18.2 Å². The summed E-state index contributed by atoms with van der Waals surface area (Å²) >= 11 is 0. The standard InChI is InChI=1S/C23H33NO9/c1-11(2)21(27)32-16-9-8-15(10-17(16)33-22(28)12(3)4)18(19(24)20(25)26)13(5)14(6)31-23(29)30-7/h8-14,18-19H,24H2,1-7H3,(H,25,26)/t13?,14?,18?,19-/m0/s1. The van der Waals surface area contributed by atoms with Crippen LogP contribution in [0.2, 0.25) is 0 Å². The Hall–Kier alpha value is -3.14. The van der Waals surface area contributed by atoms with Crippen molar-refractivity contribution >= 4 is 24.1 Å². The lowest BCUT2D eigenvalue weighted by atomic mass is 9.79. The second-order valence-corrected chi connectivity index (χ2v) is 8.38. The zero-order valence-electron chi connectivity index (χ0n) is 20.0. The molecular weight excluding hydrogens is 434 g/mol. The first-order valence-electron chi connectivity index (χ1n) is 10.6. The molecule has 0 spiro atoms. The summed E-state index contributed by atoms with van der Waals surface area (Å²) in [5.41, 5.74) is 6.39. The molecule has 0 aliphatic rings. The summed E-state index contributed by atoms with van der Waals surface area (Å²) in [4.78, 5) is 47.6. The zero-order chi connectivity index (χ0) is 25.5. The van der Waals surface area contributed by atoms with E-state index < -0.39 is 59.9 Å². The fraction of sp³-hybridized carbons (Fsp3) is 0.565. The van der Waals surface area contributed by atoms with E-state index in [0.717, 1.165) is 7.11 Å². The minimum Gasteiger partial charge on any atom is -0.480 e. The van der Waals surface area contributed by atoms with Crippen LogP contribution in [0.1, 0.15) is 53.0 Å². The first kappa shape index (κ1) is 27.9. The number of hydrogen-bond acceptors (Lipinski definition) is 9. The van der Waals surface area contributed by atoms with Gasteiger partial charge in [0.05, 0.1) is 18.9 Å². The summed E-state index contributed by atoms with van der Waals surface area (Å²) in [6, 6.07) is 2.99. The quantitative estimate of drug-likeness (QED) is 0.388. The van der Waals surface area contributed by atoms with Gasteiger partial charge in [0, 0.05) is 11.8 Å². The van der Waals surface area contributed by atoms with Gasteiger partial charge < -0.3 is 29.8 Å². The van der Waals surface area contributed by atoms with Gasteiger partial charge in [-0.1, -0.05) is 40.7 Å². The average Bonchev–Trinajstić information content (AvgIpc) is 2.74. The van der Waals surface area contributed by atoms with Crippen LogP contribution in [-0.2, 0) is 23.9 Å². The molecule has 10 heteroatoms. The van der Waals surface area contributed by atoms with Gasteiger partial charge in [0.1, 0.15) is 12.1 Å². The van der Waals surface area contributed by atoms with E-state index in [9.17, 15) is 24.3 Å². The van der Waals surface area contributed by atoms with Crippen molar-refractivity contribution in [3.63, 3.8) is 0 Å². The molecule has 3 unspecified atom stereocenters. The van der Waals surface area contributed by atoms with E-state index in [1.165, 1.54) is 18.2 Å². The van der Waals surface area contributed by atoms with Crippen LogP contribution in [0.5, 0.6) is 11.5 Å². The molecule has 0 bridgehead atoms. The highest BCUT2D eigenvalue weighted by Crippen LogP contribution is 2.37. The van der Waals surface area contributed by atoms with Crippen LogP contribution in [0.4, 0.5) is 4.79 Å². The van der Waals surface area contributed by atoms with Crippen LogP contribution in [0.25, 0.3) is 0 Å². The predicted molar refractivity (Wildman–Crippen MR) is 118 cm³/mol. The second-order valence-electron chi connectivity index (χ2n) is 8.38. The van der Waals surface area contributed by atoms with Crippen LogP contribution in [-0.4, -0.2) is 48.4 Å². The van der Waals surface area contributed by atoms with Crippen molar-refractivity contribution in [3.05, 3.63) is 23.8 Å². The van der Waals surface area contributed by atoms with Gasteiger partial charge in [-0.2, -0.15) is 0 Å². The molecule has 1 aromatic carbocycles. The summed E-state index contributed by atoms with van der Waals surface area (Å²) in [5, 5.41) is 9.58. The van der Waals surface area contributed by atoms with Crippen LogP contribution < -0.4 is 15.2 Å². The molecule has 0 aliphatic heterocycles. The van der Waals surface area contributed by atoms with Gasteiger partial charge in [-0.3, -0.25) is 14.4 Å². The third kappa shape index (κ3) is 7.74. The number of ether oxygens (including phenoxy) is 4. The molecule has 0 aromatic heterocycles. The molecule has 0 fully saturated rings. The molecule has 0 amide bonds. The van der Waals surface area contributed by atoms with E-state index >= 15 is 0 Å². The number of rotatable bonds is 10. The maximum atomic E-state index is 12.3. The molecule has 1 aromatic rings. The van der Waals surface area contributed by atoms with Gasteiger partial charge in [0.25, 0.3) is 0 Å². The van der Waals surface area contributed by atoms with E-state index in [2.05, 4.69) is 4.74 Å². The molecule has 184 valence electrons. The molecule has 0 aliphatic carbocycles. The second kappa shape index (κ2) is 12.2. The number of carbonyl (C=O) groups excluding carboxylic acids is 3. The Kier molecular flexibility index (Phi) is 10.3. The Morgan fingerprint density at radius 1 is 0.879 bits per heavy atom. The molecule has 10 nitrogen and oxygen atoms in total. The zero-order valence-corrected chi connectivity index (χ0v) is 20.0. The van der Waals surface area contributed by atoms with Crippen molar-refractivity contribution in [1.29, 1.82) is 0 Å². The van der Waals surface area contributed by atoms with Crippen molar-refractivity contribution in [1.82, 2.24) is 0 Å². The lowest BCUT2D eigenvalue weighted by Gasteiger charge is -2.31. The minimum absolute atomic E-state index is 0.0145. The van der Waals surface area contributed by atoms with Gasteiger partial charge in [-0.15, -0.1) is 0 Å². The SMILES string of the molecule is COC(=O)OC(C)C(C)C(c1ccc(OC(=O)C(C)C)c(OC(=O)C(C)C)c1)[C@H](N)C(=O)O. The van der Waals surface area contributed by atoms with E-state index in [0.29, 0.717) is 5.56 Å². The third-order valence-electron chi connectivity index (χ3n) is 5.14. The highest BCUT2D eigenvalue weighted by Gasteiger charge is 2.36. The van der Waals surface area contributed by atoms with Crippen LogP contribution in [0, 0.1) is 17.8 Å². The largest absolute Gasteiger partial charge is 0.508 e. The minimum atomic E-state index is -1.37. The maximum Gasteiger partial charge on any atom is 0.508 e. The Balaban J connectivity index is 3.49. The molecule has 0 saturated heterocycles. The number of carboxylic acids is 1. The fourth-order valence-corrected chi connectivity index (χ4v) is 2.94.